The van der Waals surface area contributed by atoms with Crippen LogP contribution in [0.25, 0.3) is 0 Å². The summed E-state index contributed by atoms with van der Waals surface area (Å²) in [5.74, 6) is 0.0615. The number of nitrogens with zero attached hydrogens (tertiary/aromatic N) is 1. The zero-order valence-corrected chi connectivity index (χ0v) is 10.8. The predicted molar refractivity (Wildman–Crippen MR) is 66.3 cm³/mol. The summed E-state index contributed by atoms with van der Waals surface area (Å²) in [6.07, 6.45) is 3.36. The molecule has 0 aliphatic heterocycles. The van der Waals surface area contributed by atoms with E-state index in [0.29, 0.717) is 6.54 Å². The summed E-state index contributed by atoms with van der Waals surface area (Å²) >= 11 is 0. The van der Waals surface area contributed by atoms with Crippen LogP contribution in [0.4, 0.5) is 0 Å². The van der Waals surface area contributed by atoms with Crippen molar-refractivity contribution in [3.63, 3.8) is 0 Å². The highest BCUT2D eigenvalue weighted by atomic mass is 16.3. The third-order valence-corrected chi connectivity index (χ3v) is 2.80. The minimum atomic E-state index is -0.154. The smallest absolute Gasteiger partial charge is 0.237 e. The van der Waals surface area contributed by atoms with E-state index in [0.717, 1.165) is 32.4 Å². The molecule has 1 amide bonds. The fourth-order valence-corrected chi connectivity index (χ4v) is 1.65. The molecule has 1 atom stereocenters. The van der Waals surface area contributed by atoms with Gasteiger partial charge in [0.1, 0.15) is 0 Å². The van der Waals surface area contributed by atoms with Crippen molar-refractivity contribution in [1.29, 1.82) is 0 Å². The second kappa shape index (κ2) is 9.60. The van der Waals surface area contributed by atoms with Gasteiger partial charge in [0.15, 0.2) is 0 Å². The van der Waals surface area contributed by atoms with E-state index >= 15 is 0 Å². The molecular formula is C12H26N2O2. The first-order chi connectivity index (χ1) is 7.67. The Bertz CT molecular complexity index is 186. The van der Waals surface area contributed by atoms with Gasteiger partial charge in [0.25, 0.3) is 0 Å². The van der Waals surface area contributed by atoms with Gasteiger partial charge in [-0.1, -0.05) is 26.7 Å². The maximum Gasteiger partial charge on any atom is 0.237 e. The molecule has 0 bridgehead atoms. The quantitative estimate of drug-likeness (QED) is 0.581. The summed E-state index contributed by atoms with van der Waals surface area (Å²) in [6.45, 7) is 8.22. The molecule has 0 heterocycles. The largest absolute Gasteiger partial charge is 0.395 e. The first-order valence-corrected chi connectivity index (χ1v) is 6.29. The Morgan fingerprint density at radius 1 is 1.38 bits per heavy atom. The number of carbonyl (C=O) groups excluding carboxylic acids is 1. The minimum absolute atomic E-state index is 0.0615. The molecule has 1 unspecified atom stereocenters. The molecular weight excluding hydrogens is 204 g/mol. The van der Waals surface area contributed by atoms with Gasteiger partial charge >= 0.3 is 0 Å². The van der Waals surface area contributed by atoms with Crippen molar-refractivity contribution in [2.75, 3.05) is 26.2 Å². The number of aliphatic hydroxyl groups is 1. The van der Waals surface area contributed by atoms with Gasteiger partial charge in [0.2, 0.25) is 5.91 Å². The number of likely N-dealkylation sites (N-methyl/N-ethyl adjacent to an activating group) is 1. The van der Waals surface area contributed by atoms with Crippen LogP contribution in [-0.2, 0) is 4.79 Å². The van der Waals surface area contributed by atoms with Crippen LogP contribution < -0.4 is 5.32 Å². The number of nitrogens with one attached hydrogen (secondary N) is 1. The summed E-state index contributed by atoms with van der Waals surface area (Å²) in [6, 6.07) is -0.154. The topological polar surface area (TPSA) is 52.6 Å². The van der Waals surface area contributed by atoms with E-state index in [1.165, 1.54) is 0 Å². The zero-order valence-electron chi connectivity index (χ0n) is 10.8. The molecule has 0 saturated carbocycles. The van der Waals surface area contributed by atoms with E-state index in [1.54, 1.807) is 0 Å². The Morgan fingerprint density at radius 3 is 2.56 bits per heavy atom. The molecule has 0 spiro atoms. The third-order valence-electron chi connectivity index (χ3n) is 2.80. The van der Waals surface area contributed by atoms with Crippen molar-refractivity contribution >= 4 is 5.91 Å². The van der Waals surface area contributed by atoms with Crippen LogP contribution in [0.1, 0.15) is 40.0 Å². The number of amides is 1. The Kier molecular flexibility index (Phi) is 9.24. The molecule has 0 aliphatic rings. The fourth-order valence-electron chi connectivity index (χ4n) is 1.65. The lowest BCUT2D eigenvalue weighted by atomic mass is 10.2. The van der Waals surface area contributed by atoms with Crippen LogP contribution in [0.2, 0.25) is 0 Å². The average molecular weight is 230 g/mol. The number of aliphatic hydroxyl groups excluding tert-OH is 1. The molecule has 0 saturated heterocycles. The van der Waals surface area contributed by atoms with Crippen molar-refractivity contribution in [2.24, 2.45) is 0 Å². The van der Waals surface area contributed by atoms with E-state index in [1.807, 2.05) is 18.7 Å². The van der Waals surface area contributed by atoms with Gasteiger partial charge in [0, 0.05) is 13.1 Å². The highest BCUT2D eigenvalue weighted by Gasteiger charge is 2.18. The first kappa shape index (κ1) is 15.4. The lowest BCUT2D eigenvalue weighted by Crippen LogP contribution is -2.46. The minimum Gasteiger partial charge on any atom is -0.395 e. The van der Waals surface area contributed by atoms with Gasteiger partial charge in [-0.25, -0.2) is 0 Å². The fraction of sp³-hybridized carbons (Fsp3) is 0.917. The zero-order chi connectivity index (χ0) is 12.4. The molecule has 0 aromatic heterocycles. The summed E-state index contributed by atoms with van der Waals surface area (Å²) in [5.41, 5.74) is 0. The summed E-state index contributed by atoms with van der Waals surface area (Å²) < 4.78 is 0. The number of hydrogen-bond acceptors (Lipinski definition) is 3. The van der Waals surface area contributed by atoms with Gasteiger partial charge in [0.05, 0.1) is 12.6 Å². The van der Waals surface area contributed by atoms with Crippen molar-refractivity contribution in [2.45, 2.75) is 46.1 Å². The Hall–Kier alpha value is -0.610. The van der Waals surface area contributed by atoms with Gasteiger partial charge in [-0.3, -0.25) is 9.69 Å². The second-order valence-corrected chi connectivity index (χ2v) is 4.03. The maximum atomic E-state index is 11.7. The molecule has 0 aliphatic carbocycles. The third kappa shape index (κ3) is 6.08. The highest BCUT2D eigenvalue weighted by Crippen LogP contribution is 1.99. The molecule has 96 valence electrons. The van der Waals surface area contributed by atoms with Crippen molar-refractivity contribution in [3.05, 3.63) is 0 Å². The van der Waals surface area contributed by atoms with Gasteiger partial charge in [-0.15, -0.1) is 0 Å². The average Bonchev–Trinajstić information content (AvgIpc) is 2.30. The summed E-state index contributed by atoms with van der Waals surface area (Å²) in [4.78, 5) is 13.7. The van der Waals surface area contributed by atoms with Gasteiger partial charge in [-0.2, -0.15) is 0 Å². The lowest BCUT2D eigenvalue weighted by molar-refractivity contribution is -0.126. The van der Waals surface area contributed by atoms with E-state index in [4.69, 9.17) is 5.11 Å². The molecule has 2 N–H and O–H groups in total. The molecule has 16 heavy (non-hydrogen) atoms. The summed E-state index contributed by atoms with van der Waals surface area (Å²) in [5, 5.41) is 11.8. The van der Waals surface area contributed by atoms with Crippen LogP contribution in [0.3, 0.4) is 0 Å². The van der Waals surface area contributed by atoms with Crippen molar-refractivity contribution in [3.8, 4) is 0 Å². The molecule has 0 fully saturated rings. The van der Waals surface area contributed by atoms with E-state index in [2.05, 4.69) is 12.2 Å². The predicted octanol–water partition coefficient (Wildman–Crippen LogP) is 0.995. The molecule has 0 radical (unpaired) electrons. The summed E-state index contributed by atoms with van der Waals surface area (Å²) in [7, 11) is 0. The van der Waals surface area contributed by atoms with Crippen molar-refractivity contribution < 1.29 is 9.90 Å². The Balaban J connectivity index is 3.86. The van der Waals surface area contributed by atoms with E-state index in [-0.39, 0.29) is 18.6 Å². The molecule has 0 aromatic rings. The maximum absolute atomic E-state index is 11.7. The number of rotatable bonds is 9. The van der Waals surface area contributed by atoms with Crippen LogP contribution in [0, 0.1) is 0 Å². The van der Waals surface area contributed by atoms with E-state index in [9.17, 15) is 4.79 Å². The molecule has 0 rings (SSSR count). The number of unbranched alkanes of at least 4 members (excludes halogenated alkanes) is 2. The van der Waals surface area contributed by atoms with Crippen LogP contribution in [0.15, 0.2) is 0 Å². The van der Waals surface area contributed by atoms with Crippen molar-refractivity contribution in [1.82, 2.24) is 10.2 Å². The van der Waals surface area contributed by atoms with Gasteiger partial charge in [-0.05, 0) is 19.9 Å². The SMILES string of the molecule is CCCCCNC(=O)C(C)N(CC)CCO. The molecule has 4 nitrogen and oxygen atoms in total. The monoisotopic (exact) mass is 230 g/mol. The number of carbonyl (C=O) groups is 1. The van der Waals surface area contributed by atoms with E-state index < -0.39 is 0 Å². The van der Waals surface area contributed by atoms with Crippen LogP contribution >= 0.6 is 0 Å². The standard InChI is InChI=1S/C12H26N2O2/c1-4-6-7-8-13-12(16)11(3)14(5-2)9-10-15/h11,15H,4-10H2,1-3H3,(H,13,16). The Morgan fingerprint density at radius 2 is 2.06 bits per heavy atom. The first-order valence-electron chi connectivity index (χ1n) is 6.29. The lowest BCUT2D eigenvalue weighted by Gasteiger charge is -2.25. The highest BCUT2D eigenvalue weighted by molar-refractivity contribution is 5.81. The van der Waals surface area contributed by atoms with Crippen LogP contribution in [0.5, 0.6) is 0 Å². The Labute approximate surface area is 99.0 Å². The number of hydrogen-bond donors (Lipinski definition) is 2. The van der Waals surface area contributed by atoms with Gasteiger partial charge < -0.3 is 10.4 Å². The normalized spacial score (nSPS) is 12.8. The second-order valence-electron chi connectivity index (χ2n) is 4.03. The molecule has 0 aromatic carbocycles. The molecule has 4 heteroatoms. The van der Waals surface area contributed by atoms with Crippen LogP contribution in [-0.4, -0.2) is 48.2 Å².